The number of ether oxygens (including phenoxy) is 2. The highest BCUT2D eigenvalue weighted by Crippen LogP contribution is 2.30. The van der Waals surface area contributed by atoms with Gasteiger partial charge in [0.05, 0.1) is 18.8 Å². The molecular formula is C22H22F4N2O3. The largest absolute Gasteiger partial charge is 0.416 e. The normalized spacial score (nSPS) is 15.5. The molecule has 0 bridgehead atoms. The maximum absolute atomic E-state index is 13.8. The van der Waals surface area contributed by atoms with Gasteiger partial charge in [-0.15, -0.1) is 0 Å². The van der Waals surface area contributed by atoms with E-state index in [1.54, 1.807) is 12.3 Å². The molecule has 0 spiro atoms. The Morgan fingerprint density at radius 2 is 1.97 bits per heavy atom. The van der Waals surface area contributed by atoms with Crippen molar-refractivity contribution in [2.75, 3.05) is 13.2 Å². The fraction of sp³-hybridized carbons (Fsp3) is 0.409. The van der Waals surface area contributed by atoms with Crippen LogP contribution in [-0.4, -0.2) is 30.3 Å². The van der Waals surface area contributed by atoms with E-state index in [2.05, 4.69) is 9.98 Å². The molecule has 1 amide bonds. The van der Waals surface area contributed by atoms with Gasteiger partial charge in [-0.25, -0.2) is 9.38 Å². The Kier molecular flexibility index (Phi) is 7.86. The topological polar surface area (TPSA) is 60.8 Å². The molecule has 1 aliphatic rings. The molecular weight excluding hydrogens is 416 g/mol. The van der Waals surface area contributed by atoms with E-state index in [0.717, 1.165) is 44.6 Å². The van der Waals surface area contributed by atoms with Crippen molar-refractivity contribution in [2.24, 2.45) is 10.9 Å². The maximum atomic E-state index is 13.8. The molecule has 5 nitrogen and oxygen atoms in total. The van der Waals surface area contributed by atoms with Crippen molar-refractivity contribution in [3.63, 3.8) is 0 Å². The number of amides is 1. The lowest BCUT2D eigenvalue weighted by atomic mass is 9.97. The van der Waals surface area contributed by atoms with E-state index >= 15 is 0 Å². The van der Waals surface area contributed by atoms with Gasteiger partial charge in [0.1, 0.15) is 11.5 Å². The van der Waals surface area contributed by atoms with Crippen LogP contribution in [0.15, 0.2) is 41.5 Å². The highest BCUT2D eigenvalue weighted by Gasteiger charge is 2.31. The van der Waals surface area contributed by atoms with Crippen molar-refractivity contribution in [3.05, 3.63) is 64.7 Å². The number of rotatable bonds is 7. The molecule has 0 atom stereocenters. The van der Waals surface area contributed by atoms with Crippen LogP contribution < -0.4 is 0 Å². The van der Waals surface area contributed by atoms with Gasteiger partial charge in [-0.05, 0) is 48.9 Å². The number of benzene rings is 1. The van der Waals surface area contributed by atoms with Gasteiger partial charge in [0, 0.05) is 31.2 Å². The van der Waals surface area contributed by atoms with Gasteiger partial charge in [0.2, 0.25) is 0 Å². The molecule has 0 radical (unpaired) electrons. The van der Waals surface area contributed by atoms with Crippen molar-refractivity contribution >= 4 is 12.1 Å². The molecule has 1 aliphatic heterocycles. The zero-order valence-corrected chi connectivity index (χ0v) is 16.7. The number of carbonyl (C=O) groups is 1. The van der Waals surface area contributed by atoms with Crippen LogP contribution in [0.3, 0.4) is 0 Å². The first-order chi connectivity index (χ1) is 14.8. The molecule has 0 saturated carbocycles. The van der Waals surface area contributed by atoms with Gasteiger partial charge in [0.15, 0.2) is 0 Å². The smallest absolute Gasteiger partial charge is 0.381 e. The average Bonchev–Trinajstić information content (AvgIpc) is 2.75. The lowest BCUT2D eigenvalue weighted by molar-refractivity contribution is -0.137. The van der Waals surface area contributed by atoms with E-state index in [0.29, 0.717) is 17.5 Å². The van der Waals surface area contributed by atoms with E-state index in [1.165, 1.54) is 12.3 Å². The Bertz CT molecular complexity index is 908. The minimum atomic E-state index is -4.60. The van der Waals surface area contributed by atoms with E-state index in [1.807, 2.05) is 0 Å². The zero-order valence-electron chi connectivity index (χ0n) is 16.7. The fourth-order valence-corrected chi connectivity index (χ4v) is 3.09. The summed E-state index contributed by atoms with van der Waals surface area (Å²) in [7, 11) is 0. The Balaban J connectivity index is 1.46. The number of alkyl halides is 3. The van der Waals surface area contributed by atoms with Crippen LogP contribution in [0.5, 0.6) is 0 Å². The first-order valence-corrected chi connectivity index (χ1v) is 9.86. The fourth-order valence-electron chi connectivity index (χ4n) is 3.09. The summed E-state index contributed by atoms with van der Waals surface area (Å²) < 4.78 is 62.2. The van der Waals surface area contributed by atoms with E-state index < -0.39 is 23.5 Å². The van der Waals surface area contributed by atoms with E-state index in [9.17, 15) is 22.4 Å². The molecule has 0 N–H and O–H groups in total. The Morgan fingerprint density at radius 1 is 1.19 bits per heavy atom. The summed E-state index contributed by atoms with van der Waals surface area (Å²) >= 11 is 0. The van der Waals surface area contributed by atoms with Gasteiger partial charge in [0.25, 0.3) is 5.91 Å². The Hall–Kier alpha value is -2.65. The number of hydrogen-bond acceptors (Lipinski definition) is 4. The van der Waals surface area contributed by atoms with Crippen LogP contribution in [0.25, 0.3) is 0 Å². The lowest BCUT2D eigenvalue weighted by Crippen LogP contribution is -2.16. The van der Waals surface area contributed by atoms with Crippen LogP contribution in [-0.2, 0) is 28.9 Å². The maximum Gasteiger partial charge on any atom is 0.416 e. The molecule has 3 rings (SSSR count). The van der Waals surface area contributed by atoms with Crippen LogP contribution in [0.2, 0.25) is 0 Å². The van der Waals surface area contributed by atoms with Crippen molar-refractivity contribution in [3.8, 4) is 0 Å². The molecule has 31 heavy (non-hydrogen) atoms. The number of hydrogen-bond donors (Lipinski definition) is 0. The number of halogens is 4. The highest BCUT2D eigenvalue weighted by molar-refractivity contribution is 5.97. The number of nitrogens with zero attached hydrogens (tertiary/aromatic N) is 2. The van der Waals surface area contributed by atoms with Crippen molar-refractivity contribution in [2.45, 2.75) is 38.7 Å². The molecule has 1 saturated heterocycles. The second kappa shape index (κ2) is 10.6. The van der Waals surface area contributed by atoms with E-state index in [4.69, 9.17) is 9.47 Å². The Morgan fingerprint density at radius 3 is 2.61 bits per heavy atom. The third-order valence-electron chi connectivity index (χ3n) is 4.94. The third kappa shape index (κ3) is 6.93. The van der Waals surface area contributed by atoms with Gasteiger partial charge in [-0.2, -0.15) is 13.2 Å². The van der Waals surface area contributed by atoms with Gasteiger partial charge in [-0.1, -0.05) is 12.1 Å². The standard InChI is InChI=1S/C22H22F4N2O3/c23-19-11-18(22(24,25)26)3-2-17(19)14-31-13-16-1-4-20(28-12-16)21(29)27-8-5-15-6-9-30-10-7-15/h1-4,8,11-12,15H,5-7,9-10,13-14H2. The molecule has 166 valence electrons. The minimum Gasteiger partial charge on any atom is -0.381 e. The van der Waals surface area contributed by atoms with Crippen molar-refractivity contribution < 1.29 is 31.8 Å². The Labute approximate surface area is 177 Å². The first-order valence-electron chi connectivity index (χ1n) is 9.86. The number of aliphatic imine (C=N–C) groups is 1. The summed E-state index contributed by atoms with van der Waals surface area (Å²) in [5.41, 5.74) is -0.198. The summed E-state index contributed by atoms with van der Waals surface area (Å²) in [6.07, 6.45) is 1.12. The predicted molar refractivity (Wildman–Crippen MR) is 105 cm³/mol. The second-order valence-corrected chi connectivity index (χ2v) is 7.26. The number of aromatic nitrogens is 1. The molecule has 0 aliphatic carbocycles. The molecule has 2 heterocycles. The average molecular weight is 438 g/mol. The third-order valence-corrected chi connectivity index (χ3v) is 4.94. The van der Waals surface area contributed by atoms with Gasteiger partial charge in [-0.3, -0.25) is 9.78 Å². The predicted octanol–water partition coefficient (Wildman–Crippen LogP) is 4.98. The molecule has 0 unspecified atom stereocenters. The summed E-state index contributed by atoms with van der Waals surface area (Å²) in [5, 5.41) is 0. The molecule has 1 aromatic carbocycles. The number of carbonyl (C=O) groups excluding carboxylic acids is 1. The second-order valence-electron chi connectivity index (χ2n) is 7.26. The first kappa shape index (κ1) is 23.0. The van der Waals surface area contributed by atoms with Crippen molar-refractivity contribution in [1.82, 2.24) is 4.98 Å². The van der Waals surface area contributed by atoms with Crippen LogP contribution in [0.4, 0.5) is 17.6 Å². The quantitative estimate of drug-likeness (QED) is 0.452. The lowest BCUT2D eigenvalue weighted by Gasteiger charge is -2.19. The van der Waals surface area contributed by atoms with Crippen molar-refractivity contribution in [1.29, 1.82) is 0 Å². The summed E-state index contributed by atoms with van der Waals surface area (Å²) in [6.45, 7) is 1.35. The van der Waals surface area contributed by atoms with Gasteiger partial charge >= 0.3 is 6.18 Å². The van der Waals surface area contributed by atoms with E-state index in [-0.39, 0.29) is 24.5 Å². The minimum absolute atomic E-state index is 0.0200. The van der Waals surface area contributed by atoms with Crippen LogP contribution in [0, 0.1) is 11.7 Å². The monoisotopic (exact) mass is 438 g/mol. The van der Waals surface area contributed by atoms with Crippen LogP contribution >= 0.6 is 0 Å². The van der Waals surface area contributed by atoms with Gasteiger partial charge < -0.3 is 9.47 Å². The number of pyridine rings is 1. The SMILES string of the molecule is O=C(N=CCC1CCOCC1)c1ccc(COCc2ccc(C(F)(F)F)cc2F)cn1. The summed E-state index contributed by atoms with van der Waals surface area (Å²) in [5.74, 6) is -0.939. The molecule has 9 heteroatoms. The molecule has 1 aromatic heterocycles. The zero-order chi connectivity index (χ0) is 22.3. The summed E-state index contributed by atoms with van der Waals surface area (Å²) in [6, 6.07) is 5.47. The molecule has 1 fully saturated rings. The highest BCUT2D eigenvalue weighted by atomic mass is 19.4. The summed E-state index contributed by atoms with van der Waals surface area (Å²) in [4.78, 5) is 20.1. The van der Waals surface area contributed by atoms with Crippen LogP contribution in [0.1, 0.15) is 46.4 Å². The molecule has 2 aromatic rings.